The van der Waals surface area contributed by atoms with Crippen molar-refractivity contribution in [2.75, 3.05) is 25.9 Å². The van der Waals surface area contributed by atoms with Gasteiger partial charge in [-0.2, -0.15) is 0 Å². The van der Waals surface area contributed by atoms with Crippen molar-refractivity contribution in [2.24, 2.45) is 0 Å². The van der Waals surface area contributed by atoms with Crippen LogP contribution in [0.25, 0.3) is 0 Å². The van der Waals surface area contributed by atoms with Gasteiger partial charge in [0, 0.05) is 18.4 Å². The van der Waals surface area contributed by atoms with Crippen molar-refractivity contribution in [1.82, 2.24) is 10.6 Å². The van der Waals surface area contributed by atoms with E-state index in [4.69, 9.17) is 0 Å². The van der Waals surface area contributed by atoms with Crippen LogP contribution in [-0.2, 0) is 21.1 Å². The molecule has 5 nitrogen and oxygen atoms in total. The summed E-state index contributed by atoms with van der Waals surface area (Å²) in [6, 6.07) is 3.55. The molecule has 0 bridgehead atoms. The summed E-state index contributed by atoms with van der Waals surface area (Å²) in [7, 11) is -3.60. The average Bonchev–Trinajstić information content (AvgIpc) is 2.49. The lowest BCUT2D eigenvalue weighted by molar-refractivity contribution is -0.124. The molecule has 136 valence electrons. The zero-order valence-electron chi connectivity index (χ0n) is 13.3. The van der Waals surface area contributed by atoms with Crippen molar-refractivity contribution in [3.8, 4) is 0 Å². The molecule has 0 unspecified atom stereocenters. The predicted octanol–water partition coefficient (Wildman–Crippen LogP) is 1.21. The quantitative estimate of drug-likeness (QED) is 0.802. The summed E-state index contributed by atoms with van der Waals surface area (Å²) in [5.41, 5.74) is -0.119. The second-order valence-corrected chi connectivity index (χ2v) is 8.05. The Morgan fingerprint density at radius 1 is 1.25 bits per heavy atom. The Bertz CT molecular complexity index is 672. The molecule has 0 aromatic heterocycles. The summed E-state index contributed by atoms with van der Waals surface area (Å²) < 4.78 is 49.8. The van der Waals surface area contributed by atoms with Gasteiger partial charge in [-0.1, -0.05) is 6.07 Å². The molecule has 1 heterocycles. The molecule has 0 radical (unpaired) electrons. The lowest BCUT2D eigenvalue weighted by Gasteiger charge is -2.34. The number of hydrogen-bond acceptors (Lipinski definition) is 4. The van der Waals surface area contributed by atoms with E-state index in [1.807, 2.05) is 0 Å². The molecule has 1 aliphatic rings. The van der Waals surface area contributed by atoms with Crippen LogP contribution >= 0.6 is 12.4 Å². The summed E-state index contributed by atoms with van der Waals surface area (Å²) in [6.45, 7) is 0.840. The van der Waals surface area contributed by atoms with E-state index in [0.717, 1.165) is 18.4 Å². The lowest BCUT2D eigenvalue weighted by atomic mass is 9.95. The number of halogens is 3. The zero-order chi connectivity index (χ0) is 17.1. The molecule has 1 amide bonds. The minimum absolute atomic E-state index is 0. The summed E-state index contributed by atoms with van der Waals surface area (Å²) in [6.07, 6.45) is 1.38. The highest BCUT2D eigenvalue weighted by Crippen LogP contribution is 2.28. The van der Waals surface area contributed by atoms with Crippen LogP contribution in [0.1, 0.15) is 18.4 Å². The van der Waals surface area contributed by atoms with Gasteiger partial charge in [-0.25, -0.2) is 17.2 Å². The molecule has 24 heavy (non-hydrogen) atoms. The van der Waals surface area contributed by atoms with Crippen LogP contribution in [-0.4, -0.2) is 45.0 Å². The molecule has 0 atom stereocenters. The Morgan fingerprint density at radius 2 is 1.79 bits per heavy atom. The maximum absolute atomic E-state index is 13.5. The standard InChI is InChI=1S/C15H20F2N2O3S.ClH/c1-23(21,22)15(6-9-18-10-7-15)14(20)19-8-5-11-12(16)3-2-4-13(11)17;/h2-4,18H,5-10H2,1H3,(H,19,20);1H. The minimum Gasteiger partial charge on any atom is -0.354 e. The molecule has 0 spiro atoms. The largest absolute Gasteiger partial charge is 0.354 e. The van der Waals surface area contributed by atoms with E-state index in [9.17, 15) is 22.0 Å². The van der Waals surface area contributed by atoms with E-state index in [2.05, 4.69) is 10.6 Å². The van der Waals surface area contributed by atoms with Crippen LogP contribution in [0.15, 0.2) is 18.2 Å². The van der Waals surface area contributed by atoms with Crippen molar-refractivity contribution in [1.29, 1.82) is 0 Å². The number of hydrogen-bond donors (Lipinski definition) is 2. The number of rotatable bonds is 5. The summed E-state index contributed by atoms with van der Waals surface area (Å²) >= 11 is 0. The molecule has 0 aliphatic carbocycles. The Morgan fingerprint density at radius 3 is 2.29 bits per heavy atom. The van der Waals surface area contributed by atoms with Gasteiger partial charge < -0.3 is 10.6 Å². The molecular formula is C15H21ClF2N2O3S. The fraction of sp³-hybridized carbons (Fsp3) is 0.533. The molecule has 1 saturated heterocycles. The van der Waals surface area contributed by atoms with Crippen LogP contribution in [0.5, 0.6) is 0 Å². The first-order valence-corrected chi connectivity index (χ1v) is 9.28. The van der Waals surface area contributed by atoms with Crippen LogP contribution in [0.4, 0.5) is 8.78 Å². The van der Waals surface area contributed by atoms with Crippen LogP contribution in [0.2, 0.25) is 0 Å². The molecule has 1 aromatic rings. The maximum Gasteiger partial charge on any atom is 0.241 e. The van der Waals surface area contributed by atoms with Gasteiger partial charge in [0.15, 0.2) is 14.6 Å². The van der Waals surface area contributed by atoms with Gasteiger partial charge in [0.1, 0.15) is 11.6 Å². The molecule has 1 fully saturated rings. The first-order chi connectivity index (χ1) is 10.8. The number of benzene rings is 1. The van der Waals surface area contributed by atoms with Crippen LogP contribution in [0, 0.1) is 11.6 Å². The van der Waals surface area contributed by atoms with E-state index in [1.165, 1.54) is 6.07 Å². The van der Waals surface area contributed by atoms with Gasteiger partial charge in [-0.05, 0) is 44.5 Å². The summed E-state index contributed by atoms with van der Waals surface area (Å²) in [4.78, 5) is 12.4. The van der Waals surface area contributed by atoms with Gasteiger partial charge in [0.2, 0.25) is 5.91 Å². The molecule has 1 aliphatic heterocycles. The second-order valence-electron chi connectivity index (χ2n) is 5.72. The number of carbonyl (C=O) groups is 1. The second kappa shape index (κ2) is 8.22. The van der Waals surface area contributed by atoms with Crippen molar-refractivity contribution in [3.05, 3.63) is 35.4 Å². The number of piperidine rings is 1. The van der Waals surface area contributed by atoms with Gasteiger partial charge in [-0.15, -0.1) is 12.4 Å². The van der Waals surface area contributed by atoms with Gasteiger partial charge in [0.05, 0.1) is 0 Å². The number of carbonyl (C=O) groups excluding carboxylic acids is 1. The topological polar surface area (TPSA) is 75.3 Å². The van der Waals surface area contributed by atoms with Crippen molar-refractivity contribution < 1.29 is 22.0 Å². The average molecular weight is 383 g/mol. The fourth-order valence-corrected chi connectivity index (χ4v) is 4.18. The number of nitrogens with one attached hydrogen (secondary N) is 2. The highest BCUT2D eigenvalue weighted by atomic mass is 35.5. The maximum atomic E-state index is 13.5. The number of sulfone groups is 1. The third-order valence-corrected chi connectivity index (χ3v) is 6.27. The molecule has 0 saturated carbocycles. The third-order valence-electron chi connectivity index (χ3n) is 4.26. The van der Waals surface area contributed by atoms with E-state index < -0.39 is 32.1 Å². The first-order valence-electron chi connectivity index (χ1n) is 7.39. The Hall–Kier alpha value is -1.25. The molecule has 9 heteroatoms. The summed E-state index contributed by atoms with van der Waals surface area (Å²) in [5, 5.41) is 5.54. The summed E-state index contributed by atoms with van der Waals surface area (Å²) in [5.74, 6) is -1.96. The predicted molar refractivity (Wildman–Crippen MR) is 90.0 cm³/mol. The van der Waals surface area contributed by atoms with Gasteiger partial charge in [0.25, 0.3) is 0 Å². The lowest BCUT2D eigenvalue weighted by Crippen LogP contribution is -2.57. The highest BCUT2D eigenvalue weighted by Gasteiger charge is 2.48. The van der Waals surface area contributed by atoms with E-state index in [1.54, 1.807) is 0 Å². The molecule has 1 aromatic carbocycles. The Labute approximate surface area is 146 Å². The Kier molecular flexibility index (Phi) is 7.12. The molecular weight excluding hydrogens is 362 g/mol. The van der Waals surface area contributed by atoms with Gasteiger partial charge in [-0.3, -0.25) is 4.79 Å². The van der Waals surface area contributed by atoms with E-state index >= 15 is 0 Å². The zero-order valence-corrected chi connectivity index (χ0v) is 14.9. The van der Waals surface area contributed by atoms with Crippen LogP contribution in [0.3, 0.4) is 0 Å². The van der Waals surface area contributed by atoms with Crippen molar-refractivity contribution >= 4 is 28.2 Å². The number of amides is 1. The minimum atomic E-state index is -3.60. The van der Waals surface area contributed by atoms with E-state index in [-0.39, 0.29) is 43.8 Å². The van der Waals surface area contributed by atoms with Crippen molar-refractivity contribution in [2.45, 2.75) is 24.0 Å². The monoisotopic (exact) mass is 382 g/mol. The smallest absolute Gasteiger partial charge is 0.241 e. The van der Waals surface area contributed by atoms with Gasteiger partial charge >= 0.3 is 0 Å². The fourth-order valence-electron chi connectivity index (χ4n) is 2.83. The first kappa shape index (κ1) is 20.8. The van der Waals surface area contributed by atoms with Crippen LogP contribution < -0.4 is 10.6 Å². The molecule has 2 rings (SSSR count). The highest BCUT2D eigenvalue weighted by molar-refractivity contribution is 7.92. The third kappa shape index (κ3) is 4.23. The molecule has 2 N–H and O–H groups in total. The van der Waals surface area contributed by atoms with Crippen molar-refractivity contribution in [3.63, 3.8) is 0 Å². The normalized spacial score (nSPS) is 17.0. The van der Waals surface area contributed by atoms with E-state index in [0.29, 0.717) is 13.1 Å². The Balaban J connectivity index is 0.00000288. The SMILES string of the molecule is CS(=O)(=O)C1(C(=O)NCCc2c(F)cccc2F)CCNCC1.Cl.